The van der Waals surface area contributed by atoms with Gasteiger partial charge in [-0.2, -0.15) is 0 Å². The summed E-state index contributed by atoms with van der Waals surface area (Å²) in [6.07, 6.45) is 9.05. The van der Waals surface area contributed by atoms with Crippen LogP contribution in [0.3, 0.4) is 0 Å². The molecule has 1 N–H and O–H groups in total. The maximum Gasteiger partial charge on any atom is 0.214 e. The molecule has 0 bridgehead atoms. The van der Waals surface area contributed by atoms with Gasteiger partial charge in [0.15, 0.2) is 0 Å². The van der Waals surface area contributed by atoms with Crippen LogP contribution in [0.1, 0.15) is 41.3 Å². The summed E-state index contributed by atoms with van der Waals surface area (Å²) in [6.45, 7) is 2.55. The van der Waals surface area contributed by atoms with Crippen molar-refractivity contribution in [3.8, 4) is 17.1 Å². The van der Waals surface area contributed by atoms with Crippen LogP contribution >= 0.6 is 11.6 Å². The number of aryl methyl sites for hydroxylation is 1. The van der Waals surface area contributed by atoms with Gasteiger partial charge in [-0.25, -0.2) is 9.97 Å². The third-order valence-corrected chi connectivity index (χ3v) is 7.11. The Bertz CT molecular complexity index is 1470. The third-order valence-electron chi connectivity index (χ3n) is 6.76. The lowest BCUT2D eigenvalue weighted by Gasteiger charge is -2.28. The smallest absolute Gasteiger partial charge is 0.214 e. The number of ether oxygens (including phenoxy) is 1. The summed E-state index contributed by atoms with van der Waals surface area (Å²) >= 11 is 6.56. The number of nitrogens with one attached hydrogen (secondary N) is 1. The monoisotopic (exact) mass is 468 g/mol. The van der Waals surface area contributed by atoms with Crippen molar-refractivity contribution in [1.82, 2.24) is 19.5 Å². The number of H-pyrrole nitrogens is 1. The van der Waals surface area contributed by atoms with Gasteiger partial charge in [0.25, 0.3) is 0 Å². The molecule has 1 aliphatic carbocycles. The molecular weight excluding hydrogens is 444 g/mol. The van der Waals surface area contributed by atoms with E-state index in [1.807, 2.05) is 42.9 Å². The SMILES string of the molecule is Cc1ncn(C2CCCc3c(Cl)cccc32)c1-c1c[nH]c2cnc(OCc3ccccc3)cc12. The molecular formula is C28H25ClN4O. The fraction of sp³-hybridized carbons (Fsp3) is 0.214. The van der Waals surface area contributed by atoms with Gasteiger partial charge in [0.2, 0.25) is 5.88 Å². The topological polar surface area (TPSA) is 55.7 Å². The molecule has 0 radical (unpaired) electrons. The molecule has 170 valence electrons. The van der Waals surface area contributed by atoms with Crippen molar-refractivity contribution in [2.24, 2.45) is 0 Å². The Kier molecular flexibility index (Phi) is 5.34. The van der Waals surface area contributed by atoms with Crippen molar-refractivity contribution in [3.63, 3.8) is 0 Å². The van der Waals surface area contributed by atoms with Crippen molar-refractivity contribution >= 4 is 22.5 Å². The van der Waals surface area contributed by atoms with Crippen LogP contribution in [0.25, 0.3) is 22.2 Å². The second kappa shape index (κ2) is 8.65. The van der Waals surface area contributed by atoms with E-state index in [1.165, 1.54) is 11.1 Å². The fourth-order valence-electron chi connectivity index (χ4n) is 5.10. The number of imidazole rings is 1. The lowest BCUT2D eigenvalue weighted by Crippen LogP contribution is -2.18. The first-order chi connectivity index (χ1) is 16.7. The van der Waals surface area contributed by atoms with E-state index in [4.69, 9.17) is 21.3 Å². The van der Waals surface area contributed by atoms with E-state index in [0.717, 1.165) is 57.7 Å². The van der Waals surface area contributed by atoms with Crippen molar-refractivity contribution in [2.45, 2.75) is 38.8 Å². The highest BCUT2D eigenvalue weighted by Gasteiger charge is 2.27. The van der Waals surface area contributed by atoms with Crippen LogP contribution in [0.4, 0.5) is 0 Å². The summed E-state index contributed by atoms with van der Waals surface area (Å²) in [5.74, 6) is 0.607. The molecule has 0 saturated heterocycles. The van der Waals surface area contributed by atoms with Crippen LogP contribution < -0.4 is 4.74 Å². The Morgan fingerprint density at radius 2 is 2.00 bits per heavy atom. The summed E-state index contributed by atoms with van der Waals surface area (Å²) < 4.78 is 8.33. The van der Waals surface area contributed by atoms with Gasteiger partial charge >= 0.3 is 0 Å². The summed E-state index contributed by atoms with van der Waals surface area (Å²) in [5, 5.41) is 1.93. The van der Waals surface area contributed by atoms with E-state index in [9.17, 15) is 0 Å². The molecule has 3 aromatic heterocycles. The standard InChI is InChI=1S/C28H25ClN4O/c1-18-28(33(17-32-18)26-12-6-9-20-21(26)10-5-11-24(20)29)23-14-30-25-15-31-27(13-22(23)25)34-16-19-7-3-2-4-8-19/h2-5,7-8,10-11,13-15,17,26,30H,6,9,12,16H2,1H3. The molecule has 0 saturated carbocycles. The molecule has 0 aliphatic heterocycles. The molecule has 0 spiro atoms. The van der Waals surface area contributed by atoms with Gasteiger partial charge in [0.05, 0.1) is 35.5 Å². The van der Waals surface area contributed by atoms with Crippen LogP contribution in [0.5, 0.6) is 5.88 Å². The zero-order valence-electron chi connectivity index (χ0n) is 19.0. The number of rotatable bonds is 5. The first-order valence-corrected chi connectivity index (χ1v) is 12.0. The molecule has 5 aromatic rings. The first kappa shape index (κ1) is 21.0. The largest absolute Gasteiger partial charge is 0.473 e. The van der Waals surface area contributed by atoms with Crippen LogP contribution in [-0.2, 0) is 13.0 Å². The highest BCUT2D eigenvalue weighted by atomic mass is 35.5. The number of fused-ring (bicyclic) bond motifs is 2. The molecule has 34 heavy (non-hydrogen) atoms. The predicted octanol–water partition coefficient (Wildman–Crippen LogP) is 6.89. The van der Waals surface area contributed by atoms with Crippen LogP contribution in [0, 0.1) is 6.92 Å². The van der Waals surface area contributed by atoms with Gasteiger partial charge in [-0.3, -0.25) is 0 Å². The summed E-state index contributed by atoms with van der Waals surface area (Å²) in [7, 11) is 0. The van der Waals surface area contributed by atoms with Crippen molar-refractivity contribution in [2.75, 3.05) is 0 Å². The maximum atomic E-state index is 6.56. The number of halogens is 1. The number of hydrogen-bond acceptors (Lipinski definition) is 3. The van der Waals surface area contributed by atoms with Gasteiger partial charge in [-0.15, -0.1) is 0 Å². The fourth-order valence-corrected chi connectivity index (χ4v) is 5.38. The quantitative estimate of drug-likeness (QED) is 0.305. The van der Waals surface area contributed by atoms with Crippen LogP contribution in [0.2, 0.25) is 5.02 Å². The molecule has 2 aromatic carbocycles. The van der Waals surface area contributed by atoms with E-state index in [1.54, 1.807) is 0 Å². The normalized spacial score (nSPS) is 15.4. The average Bonchev–Trinajstić information content (AvgIpc) is 3.46. The summed E-state index contributed by atoms with van der Waals surface area (Å²) in [4.78, 5) is 12.6. The highest BCUT2D eigenvalue weighted by molar-refractivity contribution is 6.31. The molecule has 3 heterocycles. The molecule has 0 amide bonds. The van der Waals surface area contributed by atoms with E-state index < -0.39 is 0 Å². The minimum absolute atomic E-state index is 0.208. The molecule has 1 aliphatic rings. The number of pyridine rings is 1. The molecule has 6 heteroatoms. The Hall–Kier alpha value is -3.57. The minimum atomic E-state index is 0.208. The van der Waals surface area contributed by atoms with Crippen LogP contribution in [0.15, 0.2) is 73.3 Å². The van der Waals surface area contributed by atoms with Gasteiger partial charge in [0.1, 0.15) is 6.61 Å². The van der Waals surface area contributed by atoms with E-state index in [-0.39, 0.29) is 6.04 Å². The lowest BCUT2D eigenvalue weighted by molar-refractivity contribution is 0.294. The second-order valence-electron chi connectivity index (χ2n) is 8.85. The predicted molar refractivity (Wildman–Crippen MR) is 135 cm³/mol. The van der Waals surface area contributed by atoms with Gasteiger partial charge in [-0.1, -0.05) is 54.1 Å². The zero-order valence-corrected chi connectivity index (χ0v) is 19.7. The maximum absolute atomic E-state index is 6.56. The first-order valence-electron chi connectivity index (χ1n) is 11.6. The zero-order chi connectivity index (χ0) is 23.1. The van der Waals surface area contributed by atoms with Gasteiger partial charge in [0, 0.05) is 28.2 Å². The average molecular weight is 469 g/mol. The van der Waals surface area contributed by atoms with Crippen molar-refractivity contribution in [3.05, 3.63) is 101 Å². The van der Waals surface area contributed by atoms with E-state index >= 15 is 0 Å². The van der Waals surface area contributed by atoms with Gasteiger partial charge in [-0.05, 0) is 48.9 Å². The molecule has 1 unspecified atom stereocenters. The summed E-state index contributed by atoms with van der Waals surface area (Å²) in [6, 6.07) is 18.6. The number of nitrogens with zero attached hydrogens (tertiary/aromatic N) is 3. The van der Waals surface area contributed by atoms with Crippen LogP contribution in [-0.4, -0.2) is 19.5 Å². The number of aromatic amines is 1. The number of hydrogen-bond donors (Lipinski definition) is 1. The number of aromatic nitrogens is 4. The Balaban J connectivity index is 1.40. The van der Waals surface area contributed by atoms with Crippen molar-refractivity contribution < 1.29 is 4.74 Å². The Morgan fingerprint density at radius 3 is 2.88 bits per heavy atom. The Labute approximate surface area is 203 Å². The van der Waals surface area contributed by atoms with E-state index in [2.05, 4.69) is 51.9 Å². The molecule has 5 nitrogen and oxygen atoms in total. The highest BCUT2D eigenvalue weighted by Crippen LogP contribution is 2.40. The number of benzene rings is 2. The second-order valence-corrected chi connectivity index (χ2v) is 9.25. The lowest BCUT2D eigenvalue weighted by atomic mass is 9.87. The molecule has 0 fully saturated rings. The van der Waals surface area contributed by atoms with Crippen molar-refractivity contribution in [1.29, 1.82) is 0 Å². The summed E-state index contributed by atoms with van der Waals surface area (Å²) in [5.41, 5.74) is 7.86. The van der Waals surface area contributed by atoms with E-state index in [0.29, 0.717) is 12.5 Å². The van der Waals surface area contributed by atoms with Gasteiger partial charge < -0.3 is 14.3 Å². The molecule has 6 rings (SSSR count). The minimum Gasteiger partial charge on any atom is -0.473 e. The molecule has 1 atom stereocenters. The Morgan fingerprint density at radius 1 is 1.12 bits per heavy atom. The third kappa shape index (κ3) is 3.66.